The van der Waals surface area contributed by atoms with E-state index in [-0.39, 0.29) is 5.91 Å². The Morgan fingerprint density at radius 1 is 1.03 bits per heavy atom. The molecule has 0 aliphatic rings. The molecule has 170 valence electrons. The van der Waals surface area contributed by atoms with Crippen molar-refractivity contribution in [1.29, 1.82) is 0 Å². The van der Waals surface area contributed by atoms with Crippen LogP contribution in [0.5, 0.6) is 11.5 Å². The van der Waals surface area contributed by atoms with Gasteiger partial charge in [-0.3, -0.25) is 9.78 Å². The number of fused-ring (bicyclic) bond motifs is 1. The van der Waals surface area contributed by atoms with E-state index in [1.807, 2.05) is 69.3 Å². The molecule has 0 aliphatic heterocycles. The Morgan fingerprint density at radius 2 is 1.91 bits per heavy atom. The smallest absolute Gasteiger partial charge is 0.220 e. The third kappa shape index (κ3) is 5.67. The fourth-order valence-electron chi connectivity index (χ4n) is 3.27. The number of nitrogens with zero attached hydrogens (tertiary/aromatic N) is 3. The van der Waals surface area contributed by atoms with Gasteiger partial charge in [-0.2, -0.15) is 0 Å². The second-order valence-corrected chi connectivity index (χ2v) is 7.73. The Labute approximate surface area is 198 Å². The predicted octanol–water partition coefficient (Wildman–Crippen LogP) is 5.06. The number of benzene rings is 2. The lowest BCUT2D eigenvalue weighted by Gasteiger charge is -2.12. The zero-order valence-corrected chi connectivity index (χ0v) is 19.3. The van der Waals surface area contributed by atoms with E-state index in [9.17, 15) is 4.79 Å². The molecule has 0 saturated carbocycles. The van der Waals surface area contributed by atoms with Gasteiger partial charge in [0.1, 0.15) is 23.6 Å². The molecule has 2 heterocycles. The van der Waals surface area contributed by atoms with Crippen molar-refractivity contribution < 1.29 is 9.53 Å². The van der Waals surface area contributed by atoms with Crippen LogP contribution < -0.4 is 15.4 Å². The minimum Gasteiger partial charge on any atom is -0.455 e. The molecule has 0 atom stereocenters. The number of nitrogens with one attached hydrogen (secondary N) is 2. The van der Waals surface area contributed by atoms with E-state index in [1.54, 1.807) is 6.20 Å². The third-order valence-electron chi connectivity index (χ3n) is 5.11. The van der Waals surface area contributed by atoms with E-state index in [4.69, 9.17) is 4.74 Å². The van der Waals surface area contributed by atoms with Crippen molar-refractivity contribution in [1.82, 2.24) is 20.3 Å². The Hall–Kier alpha value is -4.44. The lowest BCUT2D eigenvalue weighted by Crippen LogP contribution is -2.22. The fourth-order valence-corrected chi connectivity index (χ4v) is 3.27. The summed E-state index contributed by atoms with van der Waals surface area (Å²) in [6.45, 7) is 6.05. The highest BCUT2D eigenvalue weighted by molar-refractivity contribution is 5.91. The average molecular weight is 452 g/mol. The highest BCUT2D eigenvalue weighted by Gasteiger charge is 2.08. The molecule has 0 fully saturated rings. The molecule has 2 aromatic heterocycles. The summed E-state index contributed by atoms with van der Waals surface area (Å²) >= 11 is 0. The van der Waals surface area contributed by atoms with E-state index < -0.39 is 0 Å². The van der Waals surface area contributed by atoms with Crippen molar-refractivity contribution in [3.63, 3.8) is 0 Å². The first-order valence-electron chi connectivity index (χ1n) is 11.0. The molecule has 7 nitrogen and oxygen atoms in total. The molecule has 0 radical (unpaired) electrons. The summed E-state index contributed by atoms with van der Waals surface area (Å²) in [4.78, 5) is 24.4. The van der Waals surface area contributed by atoms with Crippen LogP contribution in [0.3, 0.4) is 0 Å². The van der Waals surface area contributed by atoms with Gasteiger partial charge in [-0.1, -0.05) is 18.8 Å². The quantitative estimate of drug-likeness (QED) is 0.399. The standard InChI is InChI=1S/C27H25N5O2/c1-4-26(33)28-13-5-6-20-8-11-24-23(15-20)27(31-17-30-24)32-21-9-12-25(18(2)14-21)34-22-10-7-19(3)29-16-22/h7-12,14-17H,4,13H2,1-3H3,(H,28,33)(H,30,31,32). The first-order chi connectivity index (χ1) is 16.5. The van der Waals surface area contributed by atoms with E-state index >= 15 is 0 Å². The van der Waals surface area contributed by atoms with Crippen LogP contribution >= 0.6 is 0 Å². The van der Waals surface area contributed by atoms with Gasteiger partial charge in [-0.25, -0.2) is 9.97 Å². The maximum atomic E-state index is 11.4. The van der Waals surface area contributed by atoms with Gasteiger partial charge in [-0.15, -0.1) is 0 Å². The summed E-state index contributed by atoms with van der Waals surface area (Å²) in [5.74, 6) is 8.18. The number of aryl methyl sites for hydroxylation is 2. The number of hydrogen-bond donors (Lipinski definition) is 2. The zero-order valence-electron chi connectivity index (χ0n) is 19.3. The van der Waals surface area contributed by atoms with Gasteiger partial charge in [0.05, 0.1) is 18.3 Å². The minimum absolute atomic E-state index is 0.0186. The van der Waals surface area contributed by atoms with Crippen molar-refractivity contribution in [2.24, 2.45) is 0 Å². The van der Waals surface area contributed by atoms with Crippen LogP contribution in [0.4, 0.5) is 11.5 Å². The summed E-state index contributed by atoms with van der Waals surface area (Å²) in [6.07, 6.45) is 3.69. The molecule has 0 spiro atoms. The maximum absolute atomic E-state index is 11.4. The number of hydrogen-bond acceptors (Lipinski definition) is 6. The first kappa shape index (κ1) is 22.7. The Bertz CT molecular complexity index is 1390. The molecule has 7 heteroatoms. The van der Waals surface area contributed by atoms with E-state index in [2.05, 4.69) is 37.4 Å². The predicted molar refractivity (Wildman–Crippen MR) is 133 cm³/mol. The van der Waals surface area contributed by atoms with Crippen LogP contribution in [0.1, 0.15) is 30.2 Å². The second kappa shape index (κ2) is 10.5. The van der Waals surface area contributed by atoms with Gasteiger partial charge in [-0.05, 0) is 67.9 Å². The van der Waals surface area contributed by atoms with Crippen molar-refractivity contribution in [2.45, 2.75) is 27.2 Å². The fraction of sp³-hybridized carbons (Fsp3) is 0.185. The second-order valence-electron chi connectivity index (χ2n) is 7.73. The van der Waals surface area contributed by atoms with Gasteiger partial charge in [0.2, 0.25) is 5.91 Å². The number of carbonyl (C=O) groups is 1. The van der Waals surface area contributed by atoms with Gasteiger partial charge >= 0.3 is 0 Å². The molecule has 2 N–H and O–H groups in total. The number of anilines is 2. The maximum Gasteiger partial charge on any atom is 0.220 e. The number of ether oxygens (including phenoxy) is 1. The van der Waals surface area contributed by atoms with Crippen molar-refractivity contribution >= 4 is 28.3 Å². The van der Waals surface area contributed by atoms with Gasteiger partial charge < -0.3 is 15.4 Å². The van der Waals surface area contributed by atoms with Crippen molar-refractivity contribution in [2.75, 3.05) is 11.9 Å². The van der Waals surface area contributed by atoms with E-state index in [0.29, 0.717) is 24.5 Å². The number of carbonyl (C=O) groups excluding carboxylic acids is 1. The van der Waals surface area contributed by atoms with Gasteiger partial charge in [0, 0.05) is 28.8 Å². The van der Waals surface area contributed by atoms with Crippen LogP contribution in [0.25, 0.3) is 10.9 Å². The normalized spacial score (nSPS) is 10.3. The molecule has 0 bridgehead atoms. The van der Waals surface area contributed by atoms with Crippen LogP contribution in [0.2, 0.25) is 0 Å². The summed E-state index contributed by atoms with van der Waals surface area (Å²) in [5, 5.41) is 6.98. The number of aromatic nitrogens is 3. The number of rotatable bonds is 6. The SMILES string of the molecule is CCC(=O)NCC#Cc1ccc2ncnc(Nc3ccc(Oc4ccc(C)nc4)c(C)c3)c2c1. The van der Waals surface area contributed by atoms with E-state index in [1.165, 1.54) is 6.33 Å². The van der Waals surface area contributed by atoms with Gasteiger partial charge in [0.15, 0.2) is 0 Å². The topological polar surface area (TPSA) is 89.0 Å². The van der Waals surface area contributed by atoms with Gasteiger partial charge in [0.25, 0.3) is 0 Å². The lowest BCUT2D eigenvalue weighted by molar-refractivity contribution is -0.120. The van der Waals surface area contributed by atoms with Crippen molar-refractivity contribution in [3.8, 4) is 23.3 Å². The highest BCUT2D eigenvalue weighted by atomic mass is 16.5. The van der Waals surface area contributed by atoms with E-state index in [0.717, 1.165) is 39.2 Å². The average Bonchev–Trinajstić information content (AvgIpc) is 2.85. The Morgan fingerprint density at radius 3 is 2.68 bits per heavy atom. The molecular weight excluding hydrogens is 426 g/mol. The summed E-state index contributed by atoms with van der Waals surface area (Å²) in [5.41, 5.74) is 4.43. The lowest BCUT2D eigenvalue weighted by atomic mass is 10.1. The molecule has 0 saturated heterocycles. The third-order valence-corrected chi connectivity index (χ3v) is 5.11. The highest BCUT2D eigenvalue weighted by Crippen LogP contribution is 2.29. The summed E-state index contributed by atoms with van der Waals surface area (Å²) in [7, 11) is 0. The monoisotopic (exact) mass is 451 g/mol. The summed E-state index contributed by atoms with van der Waals surface area (Å²) in [6, 6.07) is 15.4. The zero-order chi connectivity index (χ0) is 23.9. The molecule has 34 heavy (non-hydrogen) atoms. The number of amides is 1. The molecule has 2 aromatic carbocycles. The molecule has 0 aliphatic carbocycles. The van der Waals surface area contributed by atoms with Crippen LogP contribution in [0.15, 0.2) is 61.1 Å². The number of pyridine rings is 1. The molecule has 1 amide bonds. The van der Waals surface area contributed by atoms with Crippen LogP contribution in [0, 0.1) is 25.7 Å². The van der Waals surface area contributed by atoms with Crippen molar-refractivity contribution in [3.05, 3.63) is 77.9 Å². The molecule has 0 unspecified atom stereocenters. The first-order valence-corrected chi connectivity index (χ1v) is 11.0. The molecular formula is C27H25N5O2. The minimum atomic E-state index is -0.0186. The Kier molecular flexibility index (Phi) is 6.99. The Balaban J connectivity index is 1.53. The largest absolute Gasteiger partial charge is 0.455 e. The summed E-state index contributed by atoms with van der Waals surface area (Å²) < 4.78 is 5.97. The molecule has 4 aromatic rings. The van der Waals surface area contributed by atoms with Crippen LogP contribution in [-0.4, -0.2) is 27.4 Å². The van der Waals surface area contributed by atoms with Crippen LogP contribution in [-0.2, 0) is 4.79 Å². The molecule has 4 rings (SSSR count).